The lowest BCUT2D eigenvalue weighted by Crippen LogP contribution is -2.30. The van der Waals surface area contributed by atoms with Crippen LogP contribution in [0.4, 0.5) is 0 Å². The van der Waals surface area contributed by atoms with Crippen LogP contribution in [0.25, 0.3) is 0 Å². The molecule has 106 valence electrons. The van der Waals surface area contributed by atoms with Crippen molar-refractivity contribution in [3.63, 3.8) is 0 Å². The second kappa shape index (κ2) is 5.68. The Hall–Kier alpha value is -1.79. The molecule has 1 aliphatic heterocycles. The molecular weight excluding hydrogens is 250 g/mol. The van der Waals surface area contributed by atoms with Crippen LogP contribution in [0.15, 0.2) is 18.2 Å². The van der Waals surface area contributed by atoms with Crippen LogP contribution in [0, 0.1) is 24.2 Å². The summed E-state index contributed by atoms with van der Waals surface area (Å²) < 4.78 is 0. The van der Waals surface area contributed by atoms with Crippen LogP contribution >= 0.6 is 0 Å². The van der Waals surface area contributed by atoms with Crippen molar-refractivity contribution in [3.8, 4) is 11.8 Å². The van der Waals surface area contributed by atoms with Crippen molar-refractivity contribution in [3.05, 3.63) is 34.9 Å². The molecule has 1 fully saturated rings. The van der Waals surface area contributed by atoms with Gasteiger partial charge in [-0.3, -0.25) is 4.79 Å². The number of likely N-dealkylation sites (tertiary alicyclic amines) is 1. The standard InChI is InChI=1S/C17H21NO2/c1-13-6-7-15(14(11-13)5-4-10-19)16(20)18-9-8-17(2,3)12-18/h6-7,11,19H,8-10,12H2,1-3H3. The minimum absolute atomic E-state index is 0.0396. The highest BCUT2D eigenvalue weighted by molar-refractivity contribution is 5.97. The van der Waals surface area contributed by atoms with Gasteiger partial charge in [0.25, 0.3) is 5.91 Å². The molecule has 0 bridgehead atoms. The van der Waals surface area contributed by atoms with Crippen LogP contribution < -0.4 is 0 Å². The summed E-state index contributed by atoms with van der Waals surface area (Å²) in [6, 6.07) is 5.67. The molecule has 0 spiro atoms. The van der Waals surface area contributed by atoms with Crippen LogP contribution in [0.5, 0.6) is 0 Å². The van der Waals surface area contributed by atoms with Gasteiger partial charge in [0.2, 0.25) is 0 Å². The smallest absolute Gasteiger partial charge is 0.255 e. The second-order valence-corrected chi connectivity index (χ2v) is 6.15. The highest BCUT2D eigenvalue weighted by atomic mass is 16.2. The molecule has 1 amide bonds. The molecule has 0 radical (unpaired) electrons. The van der Waals surface area contributed by atoms with E-state index in [9.17, 15) is 4.79 Å². The summed E-state index contributed by atoms with van der Waals surface area (Å²) in [5.74, 6) is 5.55. The Bertz CT molecular complexity index is 578. The summed E-state index contributed by atoms with van der Waals surface area (Å²) in [7, 11) is 0. The maximum absolute atomic E-state index is 12.6. The fourth-order valence-electron chi connectivity index (χ4n) is 2.54. The van der Waals surface area contributed by atoms with Gasteiger partial charge in [0.1, 0.15) is 6.61 Å². The first kappa shape index (κ1) is 14.6. The molecule has 1 heterocycles. The van der Waals surface area contributed by atoms with Gasteiger partial charge in [-0.1, -0.05) is 31.8 Å². The Kier molecular flexibility index (Phi) is 4.15. The molecule has 1 aromatic rings. The first-order chi connectivity index (χ1) is 9.43. The molecule has 1 aromatic carbocycles. The number of amides is 1. The highest BCUT2D eigenvalue weighted by Gasteiger charge is 2.32. The minimum Gasteiger partial charge on any atom is -0.384 e. The van der Waals surface area contributed by atoms with Crippen LogP contribution in [-0.4, -0.2) is 35.6 Å². The van der Waals surface area contributed by atoms with E-state index in [-0.39, 0.29) is 17.9 Å². The number of nitrogens with zero attached hydrogens (tertiary/aromatic N) is 1. The molecule has 2 rings (SSSR count). The lowest BCUT2D eigenvalue weighted by atomic mass is 9.93. The average Bonchev–Trinajstić information content (AvgIpc) is 2.76. The van der Waals surface area contributed by atoms with Crippen molar-refractivity contribution in [1.82, 2.24) is 4.90 Å². The number of hydrogen-bond donors (Lipinski definition) is 1. The third-order valence-electron chi connectivity index (χ3n) is 3.67. The molecule has 0 aromatic heterocycles. The van der Waals surface area contributed by atoms with Gasteiger partial charge < -0.3 is 10.0 Å². The van der Waals surface area contributed by atoms with Gasteiger partial charge in [-0.2, -0.15) is 0 Å². The van der Waals surface area contributed by atoms with Crippen molar-refractivity contribution in [2.24, 2.45) is 5.41 Å². The SMILES string of the molecule is Cc1ccc(C(=O)N2CCC(C)(C)C2)c(C#CCO)c1. The summed E-state index contributed by atoms with van der Waals surface area (Å²) in [5, 5.41) is 8.84. The number of hydrogen-bond acceptors (Lipinski definition) is 2. The molecule has 1 saturated heterocycles. The van der Waals surface area contributed by atoms with Crippen LogP contribution in [0.2, 0.25) is 0 Å². The lowest BCUT2D eigenvalue weighted by molar-refractivity contribution is 0.0778. The molecular formula is C17H21NO2. The minimum atomic E-state index is -0.196. The molecule has 3 nitrogen and oxygen atoms in total. The zero-order valence-electron chi connectivity index (χ0n) is 12.4. The summed E-state index contributed by atoms with van der Waals surface area (Å²) in [6.07, 6.45) is 1.03. The maximum atomic E-state index is 12.6. The molecule has 0 atom stereocenters. The molecule has 0 saturated carbocycles. The quantitative estimate of drug-likeness (QED) is 0.796. The third-order valence-corrected chi connectivity index (χ3v) is 3.67. The van der Waals surface area contributed by atoms with E-state index >= 15 is 0 Å². The van der Waals surface area contributed by atoms with Crippen molar-refractivity contribution in [2.45, 2.75) is 27.2 Å². The second-order valence-electron chi connectivity index (χ2n) is 6.15. The summed E-state index contributed by atoms with van der Waals surface area (Å²) in [6.45, 7) is 7.72. The first-order valence-electron chi connectivity index (χ1n) is 6.93. The van der Waals surface area contributed by atoms with Crippen molar-refractivity contribution in [1.29, 1.82) is 0 Å². The van der Waals surface area contributed by atoms with Gasteiger partial charge >= 0.3 is 0 Å². The lowest BCUT2D eigenvalue weighted by Gasteiger charge is -2.20. The van der Waals surface area contributed by atoms with Crippen LogP contribution in [0.3, 0.4) is 0 Å². The Balaban J connectivity index is 2.30. The largest absolute Gasteiger partial charge is 0.384 e. The molecule has 20 heavy (non-hydrogen) atoms. The van der Waals surface area contributed by atoms with E-state index < -0.39 is 0 Å². The molecule has 1 aliphatic rings. The normalized spacial score (nSPS) is 16.7. The van der Waals surface area contributed by atoms with E-state index in [2.05, 4.69) is 25.7 Å². The third kappa shape index (κ3) is 3.20. The average molecular weight is 271 g/mol. The zero-order chi connectivity index (χ0) is 14.8. The van der Waals surface area contributed by atoms with E-state index in [1.807, 2.05) is 30.0 Å². The van der Waals surface area contributed by atoms with Crippen LogP contribution in [0.1, 0.15) is 41.8 Å². The van der Waals surface area contributed by atoms with E-state index in [1.165, 1.54) is 0 Å². The summed E-state index contributed by atoms with van der Waals surface area (Å²) >= 11 is 0. The fraction of sp³-hybridized carbons (Fsp3) is 0.471. The Morgan fingerprint density at radius 3 is 2.80 bits per heavy atom. The van der Waals surface area contributed by atoms with Gasteiger partial charge in [0.15, 0.2) is 0 Å². The Morgan fingerprint density at radius 1 is 1.45 bits per heavy atom. The predicted molar refractivity (Wildman–Crippen MR) is 79.4 cm³/mol. The summed E-state index contributed by atoms with van der Waals surface area (Å²) in [5.41, 5.74) is 2.59. The molecule has 0 unspecified atom stereocenters. The van der Waals surface area contributed by atoms with Gasteiger partial charge in [-0.05, 0) is 36.5 Å². The number of benzene rings is 1. The van der Waals surface area contributed by atoms with Crippen molar-refractivity contribution < 1.29 is 9.90 Å². The predicted octanol–water partition coefficient (Wildman–Crippen LogP) is 2.21. The van der Waals surface area contributed by atoms with Gasteiger partial charge in [-0.25, -0.2) is 0 Å². The van der Waals surface area contributed by atoms with Crippen LogP contribution in [-0.2, 0) is 0 Å². The Morgan fingerprint density at radius 2 is 2.20 bits per heavy atom. The highest BCUT2D eigenvalue weighted by Crippen LogP contribution is 2.30. The van der Waals surface area contributed by atoms with E-state index in [0.29, 0.717) is 11.1 Å². The number of aliphatic hydroxyl groups is 1. The van der Waals surface area contributed by atoms with E-state index in [4.69, 9.17) is 5.11 Å². The maximum Gasteiger partial charge on any atom is 0.255 e. The number of rotatable bonds is 1. The number of carbonyl (C=O) groups is 1. The zero-order valence-corrected chi connectivity index (χ0v) is 12.4. The van der Waals surface area contributed by atoms with E-state index in [0.717, 1.165) is 25.1 Å². The fourth-order valence-corrected chi connectivity index (χ4v) is 2.54. The summed E-state index contributed by atoms with van der Waals surface area (Å²) in [4.78, 5) is 14.5. The number of aryl methyl sites for hydroxylation is 1. The van der Waals surface area contributed by atoms with Gasteiger partial charge in [0.05, 0.1) is 5.56 Å². The van der Waals surface area contributed by atoms with Gasteiger partial charge in [-0.15, -0.1) is 0 Å². The number of aliphatic hydroxyl groups excluding tert-OH is 1. The number of carbonyl (C=O) groups excluding carboxylic acids is 1. The van der Waals surface area contributed by atoms with Crippen molar-refractivity contribution in [2.75, 3.05) is 19.7 Å². The topological polar surface area (TPSA) is 40.5 Å². The molecule has 0 aliphatic carbocycles. The van der Waals surface area contributed by atoms with E-state index in [1.54, 1.807) is 0 Å². The first-order valence-corrected chi connectivity index (χ1v) is 6.93. The Labute approximate surface area is 120 Å². The molecule has 1 N–H and O–H groups in total. The molecule has 3 heteroatoms. The van der Waals surface area contributed by atoms with Gasteiger partial charge in [0, 0.05) is 18.7 Å². The van der Waals surface area contributed by atoms with Crippen molar-refractivity contribution >= 4 is 5.91 Å². The monoisotopic (exact) mass is 271 g/mol.